The summed E-state index contributed by atoms with van der Waals surface area (Å²) in [5.41, 5.74) is 5.50. The fraction of sp³-hybridized carbons (Fsp3) is 1.00. The lowest BCUT2D eigenvalue weighted by Gasteiger charge is -2.18. The molecule has 1 heterocycles. The van der Waals surface area contributed by atoms with Gasteiger partial charge in [0.15, 0.2) is 0 Å². The van der Waals surface area contributed by atoms with Gasteiger partial charge >= 0.3 is 0 Å². The molecule has 0 amide bonds. The Labute approximate surface area is 59.8 Å². The molecule has 3 heteroatoms. The first-order valence-electron chi connectivity index (χ1n) is 3.18. The molecule has 0 aromatic rings. The Bertz CT molecular complexity index is 109. The summed E-state index contributed by atoms with van der Waals surface area (Å²) in [4.78, 5) is 0. The third kappa shape index (κ3) is 1.60. The monoisotopic (exact) mass is 147 g/mol. The maximum absolute atomic E-state index is 8.80. The molecule has 2 nitrogen and oxygen atoms in total. The van der Waals surface area contributed by atoms with Gasteiger partial charge in [0.1, 0.15) is 0 Å². The predicted octanol–water partition coefficient (Wildman–Crippen LogP) is 0.202. The zero-order valence-electron chi connectivity index (χ0n) is 5.63. The molecule has 2 unspecified atom stereocenters. The van der Waals surface area contributed by atoms with Gasteiger partial charge in [-0.25, -0.2) is 0 Å². The molecule has 0 aliphatic carbocycles. The van der Waals surface area contributed by atoms with Crippen LogP contribution in [-0.4, -0.2) is 28.3 Å². The number of rotatable bonds is 1. The van der Waals surface area contributed by atoms with Crippen molar-refractivity contribution in [2.45, 2.75) is 24.1 Å². The highest BCUT2D eigenvalue weighted by Gasteiger charge is 2.33. The summed E-state index contributed by atoms with van der Waals surface area (Å²) in [7, 11) is 0. The van der Waals surface area contributed by atoms with E-state index in [9.17, 15) is 0 Å². The minimum atomic E-state index is -0.274. The third-order valence-electron chi connectivity index (χ3n) is 1.66. The highest BCUT2D eigenvalue weighted by molar-refractivity contribution is 8.00. The van der Waals surface area contributed by atoms with Gasteiger partial charge in [-0.05, 0) is 6.42 Å². The van der Waals surface area contributed by atoms with Crippen molar-refractivity contribution in [1.29, 1.82) is 0 Å². The standard InChI is InChI=1S/C6H13NOS/c1-5-2-6(7,3-8)4-9-5/h5,8H,2-4,7H2,1H3. The molecular weight excluding hydrogens is 134 g/mol. The summed E-state index contributed by atoms with van der Waals surface area (Å²) < 4.78 is 0. The lowest BCUT2D eigenvalue weighted by atomic mass is 9.99. The molecule has 0 spiro atoms. The van der Waals surface area contributed by atoms with Crippen LogP contribution >= 0.6 is 11.8 Å². The van der Waals surface area contributed by atoms with E-state index in [4.69, 9.17) is 10.8 Å². The topological polar surface area (TPSA) is 46.2 Å². The fourth-order valence-electron chi connectivity index (χ4n) is 1.11. The Balaban J connectivity index is 2.45. The zero-order valence-corrected chi connectivity index (χ0v) is 6.45. The van der Waals surface area contributed by atoms with Crippen molar-refractivity contribution in [3.05, 3.63) is 0 Å². The normalized spacial score (nSPS) is 43.7. The van der Waals surface area contributed by atoms with Crippen LogP contribution in [0.25, 0.3) is 0 Å². The first-order valence-corrected chi connectivity index (χ1v) is 4.22. The first-order chi connectivity index (χ1) is 4.16. The number of hydrogen-bond acceptors (Lipinski definition) is 3. The van der Waals surface area contributed by atoms with E-state index in [0.29, 0.717) is 5.25 Å². The van der Waals surface area contributed by atoms with Crippen LogP contribution < -0.4 is 5.73 Å². The van der Waals surface area contributed by atoms with Gasteiger partial charge in [0.2, 0.25) is 0 Å². The quantitative estimate of drug-likeness (QED) is 0.557. The number of aliphatic hydroxyl groups is 1. The van der Waals surface area contributed by atoms with E-state index in [2.05, 4.69) is 6.92 Å². The van der Waals surface area contributed by atoms with Crippen molar-refractivity contribution in [3.8, 4) is 0 Å². The number of nitrogens with two attached hydrogens (primary N) is 1. The highest BCUT2D eigenvalue weighted by Crippen LogP contribution is 2.31. The van der Waals surface area contributed by atoms with Crippen molar-refractivity contribution in [2.24, 2.45) is 5.73 Å². The second kappa shape index (κ2) is 2.48. The van der Waals surface area contributed by atoms with Gasteiger partial charge < -0.3 is 10.8 Å². The smallest absolute Gasteiger partial charge is 0.0619 e. The summed E-state index contributed by atoms with van der Waals surface area (Å²) in [6, 6.07) is 0. The molecule has 0 aromatic carbocycles. The number of thioether (sulfide) groups is 1. The summed E-state index contributed by atoms with van der Waals surface area (Å²) in [5, 5.41) is 9.43. The summed E-state index contributed by atoms with van der Waals surface area (Å²) in [5.74, 6) is 0.907. The number of aliphatic hydroxyl groups excluding tert-OH is 1. The van der Waals surface area contributed by atoms with Gasteiger partial charge in [-0.15, -0.1) is 0 Å². The van der Waals surface area contributed by atoms with E-state index in [1.54, 1.807) is 0 Å². The van der Waals surface area contributed by atoms with Crippen LogP contribution in [0.1, 0.15) is 13.3 Å². The van der Waals surface area contributed by atoms with Crippen LogP contribution in [0.3, 0.4) is 0 Å². The lowest BCUT2D eigenvalue weighted by molar-refractivity contribution is 0.209. The van der Waals surface area contributed by atoms with Crippen LogP contribution in [0.2, 0.25) is 0 Å². The summed E-state index contributed by atoms with van der Waals surface area (Å²) in [6.07, 6.45) is 0.953. The minimum absolute atomic E-state index is 0.129. The van der Waals surface area contributed by atoms with Crippen molar-refractivity contribution in [3.63, 3.8) is 0 Å². The van der Waals surface area contributed by atoms with Gasteiger partial charge in [-0.3, -0.25) is 0 Å². The van der Waals surface area contributed by atoms with Crippen LogP contribution in [0.15, 0.2) is 0 Å². The summed E-state index contributed by atoms with van der Waals surface area (Å²) >= 11 is 1.84. The Hall–Kier alpha value is 0.270. The van der Waals surface area contributed by atoms with Gasteiger partial charge in [0.05, 0.1) is 6.61 Å². The second-order valence-corrected chi connectivity index (χ2v) is 4.27. The Morgan fingerprint density at radius 3 is 2.78 bits per heavy atom. The largest absolute Gasteiger partial charge is 0.394 e. The van der Waals surface area contributed by atoms with Crippen LogP contribution in [-0.2, 0) is 0 Å². The lowest BCUT2D eigenvalue weighted by Crippen LogP contribution is -2.43. The van der Waals surface area contributed by atoms with E-state index in [0.717, 1.165) is 12.2 Å². The van der Waals surface area contributed by atoms with Crippen molar-refractivity contribution < 1.29 is 5.11 Å². The maximum atomic E-state index is 8.80. The minimum Gasteiger partial charge on any atom is -0.394 e. The molecule has 0 bridgehead atoms. The maximum Gasteiger partial charge on any atom is 0.0619 e. The fourth-order valence-corrected chi connectivity index (χ4v) is 2.38. The van der Waals surface area contributed by atoms with Crippen LogP contribution in [0, 0.1) is 0 Å². The van der Waals surface area contributed by atoms with E-state index in [1.807, 2.05) is 11.8 Å². The van der Waals surface area contributed by atoms with Crippen LogP contribution in [0.4, 0.5) is 0 Å². The molecule has 0 aromatic heterocycles. The van der Waals surface area contributed by atoms with E-state index < -0.39 is 0 Å². The summed E-state index contributed by atoms with van der Waals surface area (Å²) in [6.45, 7) is 2.28. The van der Waals surface area contributed by atoms with E-state index in [-0.39, 0.29) is 12.1 Å². The number of hydrogen-bond donors (Lipinski definition) is 2. The van der Waals surface area contributed by atoms with Crippen LogP contribution in [0.5, 0.6) is 0 Å². The van der Waals surface area contributed by atoms with Gasteiger partial charge in [-0.1, -0.05) is 6.92 Å². The molecule has 1 saturated heterocycles. The molecular formula is C6H13NOS. The highest BCUT2D eigenvalue weighted by atomic mass is 32.2. The van der Waals surface area contributed by atoms with Gasteiger partial charge in [-0.2, -0.15) is 11.8 Å². The predicted molar refractivity (Wildman–Crippen MR) is 40.5 cm³/mol. The van der Waals surface area contributed by atoms with Crippen molar-refractivity contribution in [1.82, 2.24) is 0 Å². The molecule has 1 fully saturated rings. The molecule has 1 rings (SSSR count). The Morgan fingerprint density at radius 2 is 2.56 bits per heavy atom. The Kier molecular flexibility index (Phi) is 2.03. The van der Waals surface area contributed by atoms with Gasteiger partial charge in [0.25, 0.3) is 0 Å². The molecule has 54 valence electrons. The van der Waals surface area contributed by atoms with Gasteiger partial charge in [0, 0.05) is 16.5 Å². The molecule has 0 radical (unpaired) electrons. The van der Waals surface area contributed by atoms with E-state index >= 15 is 0 Å². The third-order valence-corrected chi connectivity index (χ3v) is 3.14. The van der Waals surface area contributed by atoms with Crippen molar-refractivity contribution in [2.75, 3.05) is 12.4 Å². The molecule has 1 aliphatic heterocycles. The molecule has 3 N–H and O–H groups in total. The molecule has 9 heavy (non-hydrogen) atoms. The molecule has 0 saturated carbocycles. The molecule has 1 aliphatic rings. The average molecular weight is 147 g/mol. The average Bonchev–Trinajstić information content (AvgIpc) is 2.13. The zero-order chi connectivity index (χ0) is 6.91. The Morgan fingerprint density at radius 1 is 1.89 bits per heavy atom. The molecule has 2 atom stereocenters. The van der Waals surface area contributed by atoms with E-state index in [1.165, 1.54) is 0 Å². The van der Waals surface area contributed by atoms with Crippen molar-refractivity contribution >= 4 is 11.8 Å². The first kappa shape index (κ1) is 7.38. The second-order valence-electron chi connectivity index (χ2n) is 2.85. The SMILES string of the molecule is CC1CC(N)(CO)CS1.